The van der Waals surface area contributed by atoms with Crippen molar-refractivity contribution in [1.29, 1.82) is 0 Å². The molecular formula is C20H22N6O. The van der Waals surface area contributed by atoms with Gasteiger partial charge in [-0.1, -0.05) is 19.9 Å². The fourth-order valence-corrected chi connectivity index (χ4v) is 3.19. The average Bonchev–Trinajstić information content (AvgIpc) is 3.24. The summed E-state index contributed by atoms with van der Waals surface area (Å²) in [6.45, 7) is 6.65. The molecule has 0 aliphatic heterocycles. The van der Waals surface area contributed by atoms with Gasteiger partial charge < -0.3 is 10.3 Å². The summed E-state index contributed by atoms with van der Waals surface area (Å²) in [7, 11) is 0. The van der Waals surface area contributed by atoms with E-state index in [1.54, 1.807) is 6.07 Å². The first-order chi connectivity index (χ1) is 13.0. The van der Waals surface area contributed by atoms with Crippen molar-refractivity contribution in [2.45, 2.75) is 33.1 Å². The maximum Gasteiger partial charge on any atom is 0.255 e. The number of imidazole rings is 1. The quantitative estimate of drug-likeness (QED) is 0.571. The number of H-pyrrole nitrogens is 1. The molecule has 0 aliphatic carbocycles. The van der Waals surface area contributed by atoms with E-state index in [0.29, 0.717) is 24.2 Å². The molecule has 0 fully saturated rings. The Morgan fingerprint density at radius 2 is 2.11 bits per heavy atom. The van der Waals surface area contributed by atoms with E-state index in [1.165, 1.54) is 5.56 Å². The van der Waals surface area contributed by atoms with Crippen LogP contribution in [0.5, 0.6) is 0 Å². The minimum atomic E-state index is -0.157. The molecule has 138 valence electrons. The van der Waals surface area contributed by atoms with Gasteiger partial charge in [-0.25, -0.2) is 4.98 Å². The van der Waals surface area contributed by atoms with Gasteiger partial charge in [-0.15, -0.1) is 10.2 Å². The molecule has 4 aromatic rings. The predicted octanol–water partition coefficient (Wildman–Crippen LogP) is 3.01. The first kappa shape index (κ1) is 17.2. The summed E-state index contributed by atoms with van der Waals surface area (Å²) in [6, 6.07) is 9.73. The van der Waals surface area contributed by atoms with Crippen molar-refractivity contribution in [3.8, 4) is 0 Å². The van der Waals surface area contributed by atoms with E-state index in [0.717, 1.165) is 22.7 Å². The maximum atomic E-state index is 12.6. The largest absolute Gasteiger partial charge is 0.351 e. The highest BCUT2D eigenvalue weighted by atomic mass is 16.1. The van der Waals surface area contributed by atoms with Crippen molar-refractivity contribution >= 4 is 22.6 Å². The average molecular weight is 362 g/mol. The molecular weight excluding hydrogens is 340 g/mol. The van der Waals surface area contributed by atoms with Gasteiger partial charge in [0, 0.05) is 25.1 Å². The summed E-state index contributed by atoms with van der Waals surface area (Å²) < 4.78 is 1.88. The smallest absolute Gasteiger partial charge is 0.255 e. The summed E-state index contributed by atoms with van der Waals surface area (Å²) in [5.74, 6) is 1.78. The lowest BCUT2D eigenvalue weighted by molar-refractivity contribution is 0.0955. The van der Waals surface area contributed by atoms with Gasteiger partial charge in [-0.05, 0) is 36.8 Å². The third-order valence-electron chi connectivity index (χ3n) is 4.56. The first-order valence-corrected chi connectivity index (χ1v) is 9.10. The highest BCUT2D eigenvalue weighted by molar-refractivity contribution is 5.99. The molecule has 2 N–H and O–H groups in total. The van der Waals surface area contributed by atoms with Crippen LogP contribution in [0, 0.1) is 6.92 Å². The van der Waals surface area contributed by atoms with Crippen LogP contribution in [0.25, 0.3) is 16.7 Å². The number of aromatic amines is 1. The normalized spacial score (nSPS) is 11.6. The second-order valence-corrected chi connectivity index (χ2v) is 7.04. The standard InChI is InChI=1S/C20H22N6O/c1-12(2)18-24-25-19-14(5-4-10-26(18)19)20(27)21-9-8-17-22-15-7-6-13(3)11-16(15)23-17/h4-7,10-12H,8-9H2,1-3H3,(H,21,27)(H,22,23). The topological polar surface area (TPSA) is 88.0 Å². The lowest BCUT2D eigenvalue weighted by Gasteiger charge is -2.06. The Morgan fingerprint density at radius 1 is 1.26 bits per heavy atom. The number of amides is 1. The second-order valence-electron chi connectivity index (χ2n) is 7.04. The van der Waals surface area contributed by atoms with Gasteiger partial charge in [-0.3, -0.25) is 9.20 Å². The zero-order valence-corrected chi connectivity index (χ0v) is 15.7. The van der Waals surface area contributed by atoms with Gasteiger partial charge in [0.1, 0.15) is 11.6 Å². The molecule has 0 aliphatic rings. The summed E-state index contributed by atoms with van der Waals surface area (Å²) in [6.07, 6.45) is 2.52. The fraction of sp³-hybridized carbons (Fsp3) is 0.300. The molecule has 4 rings (SSSR count). The number of nitrogens with zero attached hydrogens (tertiary/aromatic N) is 4. The minimum Gasteiger partial charge on any atom is -0.351 e. The molecule has 0 bridgehead atoms. The number of benzene rings is 1. The van der Waals surface area contributed by atoms with Crippen LogP contribution < -0.4 is 5.32 Å². The van der Waals surface area contributed by atoms with E-state index in [4.69, 9.17) is 0 Å². The van der Waals surface area contributed by atoms with Crippen molar-refractivity contribution in [3.05, 3.63) is 59.3 Å². The highest BCUT2D eigenvalue weighted by Crippen LogP contribution is 2.16. The minimum absolute atomic E-state index is 0.157. The number of nitrogens with one attached hydrogen (secondary N) is 2. The fourth-order valence-electron chi connectivity index (χ4n) is 3.19. The Morgan fingerprint density at radius 3 is 2.93 bits per heavy atom. The zero-order valence-electron chi connectivity index (χ0n) is 15.7. The predicted molar refractivity (Wildman–Crippen MR) is 104 cm³/mol. The third kappa shape index (κ3) is 3.28. The van der Waals surface area contributed by atoms with E-state index in [2.05, 4.69) is 52.3 Å². The van der Waals surface area contributed by atoms with Crippen LogP contribution in [0.4, 0.5) is 0 Å². The SMILES string of the molecule is Cc1ccc2nc(CCNC(=O)c3cccn4c(C(C)C)nnc34)[nH]c2c1. The monoisotopic (exact) mass is 362 g/mol. The van der Waals surface area contributed by atoms with Crippen LogP contribution in [0.1, 0.15) is 47.3 Å². The van der Waals surface area contributed by atoms with Gasteiger partial charge in [0.15, 0.2) is 5.65 Å². The Hall–Kier alpha value is -3.22. The van der Waals surface area contributed by atoms with E-state index in [-0.39, 0.29) is 11.8 Å². The number of aryl methyl sites for hydroxylation is 1. The molecule has 0 saturated carbocycles. The van der Waals surface area contributed by atoms with Gasteiger partial charge in [0.25, 0.3) is 5.91 Å². The molecule has 0 unspecified atom stereocenters. The van der Waals surface area contributed by atoms with Crippen molar-refractivity contribution in [1.82, 2.24) is 29.9 Å². The van der Waals surface area contributed by atoms with Crippen LogP contribution >= 0.6 is 0 Å². The molecule has 7 nitrogen and oxygen atoms in total. The number of rotatable bonds is 5. The maximum absolute atomic E-state index is 12.6. The van der Waals surface area contributed by atoms with Crippen molar-refractivity contribution < 1.29 is 4.79 Å². The summed E-state index contributed by atoms with van der Waals surface area (Å²) >= 11 is 0. The van der Waals surface area contributed by atoms with E-state index >= 15 is 0 Å². The molecule has 1 aromatic carbocycles. The van der Waals surface area contributed by atoms with Gasteiger partial charge in [-0.2, -0.15) is 0 Å². The molecule has 0 atom stereocenters. The summed E-state index contributed by atoms with van der Waals surface area (Å²) in [5.41, 5.74) is 4.25. The number of carbonyl (C=O) groups excluding carboxylic acids is 1. The molecule has 27 heavy (non-hydrogen) atoms. The van der Waals surface area contributed by atoms with Crippen LogP contribution in [0.3, 0.4) is 0 Å². The lowest BCUT2D eigenvalue weighted by Crippen LogP contribution is -2.26. The number of hydrogen-bond donors (Lipinski definition) is 2. The molecule has 1 amide bonds. The zero-order chi connectivity index (χ0) is 19.0. The van der Waals surface area contributed by atoms with Gasteiger partial charge in [0.05, 0.1) is 16.6 Å². The first-order valence-electron chi connectivity index (χ1n) is 9.10. The van der Waals surface area contributed by atoms with Crippen molar-refractivity contribution in [3.63, 3.8) is 0 Å². The summed E-state index contributed by atoms with van der Waals surface area (Å²) in [4.78, 5) is 20.5. The Balaban J connectivity index is 1.47. The lowest BCUT2D eigenvalue weighted by atomic mass is 10.2. The summed E-state index contributed by atoms with van der Waals surface area (Å²) in [5, 5.41) is 11.4. The van der Waals surface area contributed by atoms with E-state index in [1.807, 2.05) is 28.8 Å². The molecule has 0 saturated heterocycles. The Labute approximate surface area is 156 Å². The number of pyridine rings is 1. The molecule has 0 spiro atoms. The molecule has 0 radical (unpaired) electrons. The number of aromatic nitrogens is 5. The highest BCUT2D eigenvalue weighted by Gasteiger charge is 2.16. The molecule has 3 heterocycles. The second kappa shape index (κ2) is 6.83. The Kier molecular flexibility index (Phi) is 4.35. The molecule has 7 heteroatoms. The van der Waals surface area contributed by atoms with Crippen LogP contribution in [-0.4, -0.2) is 37.0 Å². The van der Waals surface area contributed by atoms with Crippen molar-refractivity contribution in [2.75, 3.05) is 6.54 Å². The Bertz CT molecular complexity index is 1120. The van der Waals surface area contributed by atoms with E-state index < -0.39 is 0 Å². The van der Waals surface area contributed by atoms with Crippen LogP contribution in [0.2, 0.25) is 0 Å². The number of carbonyl (C=O) groups is 1. The van der Waals surface area contributed by atoms with Crippen LogP contribution in [0.15, 0.2) is 36.5 Å². The van der Waals surface area contributed by atoms with Gasteiger partial charge >= 0.3 is 0 Å². The number of hydrogen-bond acceptors (Lipinski definition) is 4. The van der Waals surface area contributed by atoms with Crippen molar-refractivity contribution in [2.24, 2.45) is 0 Å². The van der Waals surface area contributed by atoms with Crippen LogP contribution in [-0.2, 0) is 6.42 Å². The van der Waals surface area contributed by atoms with E-state index in [9.17, 15) is 4.79 Å². The third-order valence-corrected chi connectivity index (χ3v) is 4.56. The number of fused-ring (bicyclic) bond motifs is 2. The van der Waals surface area contributed by atoms with Gasteiger partial charge in [0.2, 0.25) is 0 Å². The molecule has 3 aromatic heterocycles.